The number of aromatic amines is 1. The molecule has 0 bridgehead atoms. The molecule has 33 heavy (non-hydrogen) atoms. The van der Waals surface area contributed by atoms with E-state index in [-0.39, 0.29) is 18.6 Å². The van der Waals surface area contributed by atoms with Crippen molar-refractivity contribution in [3.63, 3.8) is 0 Å². The Morgan fingerprint density at radius 3 is 2.91 bits per heavy atom. The van der Waals surface area contributed by atoms with Gasteiger partial charge in [0.25, 0.3) is 11.4 Å². The maximum Gasteiger partial charge on any atom is 0.530 e. The summed E-state index contributed by atoms with van der Waals surface area (Å²) in [5, 5.41) is 20.7. The van der Waals surface area contributed by atoms with Gasteiger partial charge in [-0.15, -0.1) is 0 Å². The van der Waals surface area contributed by atoms with E-state index in [0.29, 0.717) is 15.7 Å². The minimum absolute atomic E-state index is 0.149. The van der Waals surface area contributed by atoms with Crippen molar-refractivity contribution in [2.45, 2.75) is 44.7 Å². The van der Waals surface area contributed by atoms with E-state index >= 15 is 4.39 Å². The van der Waals surface area contributed by atoms with Gasteiger partial charge < -0.3 is 19.5 Å². The molecule has 1 saturated heterocycles. The number of aromatic nitrogens is 2. The minimum Gasteiger partial charge on any atom is -0.403 e. The summed E-state index contributed by atoms with van der Waals surface area (Å²) >= 11 is 4.93. The van der Waals surface area contributed by atoms with Crippen molar-refractivity contribution in [1.82, 2.24) is 9.55 Å². The van der Waals surface area contributed by atoms with Gasteiger partial charge in [-0.25, -0.2) is 8.96 Å². The first kappa shape index (κ1) is 22.5. The Hall–Kier alpha value is -2.25. The lowest BCUT2D eigenvalue weighted by atomic mass is 10.1. The third-order valence-electron chi connectivity index (χ3n) is 5.10. The molecule has 2 aliphatic rings. The zero-order valence-electron chi connectivity index (χ0n) is 18.3. The number of alkyl halides is 1. The molecule has 0 saturated carbocycles. The summed E-state index contributed by atoms with van der Waals surface area (Å²) in [5.74, 6) is -3.03. The number of ether oxygens (including phenoxy) is 1. The molecule has 178 valence electrons. The van der Waals surface area contributed by atoms with E-state index in [1.807, 2.05) is 6.92 Å². The molecule has 0 radical (unpaired) electrons. The SMILES string of the molecule is [2H][C@@]1(n2cc(C=O)c(=O)[nH]c2=S)O[C@](F)(COP2(=O)OCc3cc(C)cc(C)c3O2)[C@@H](O)[C@H]1O. The van der Waals surface area contributed by atoms with Gasteiger partial charge in [0.05, 0.1) is 13.5 Å². The molecular weight excluding hydrogens is 482 g/mol. The van der Waals surface area contributed by atoms with E-state index in [4.69, 9.17) is 31.9 Å². The zero-order valence-corrected chi connectivity index (χ0v) is 19.0. The summed E-state index contributed by atoms with van der Waals surface area (Å²) in [6, 6.07) is 3.54. The molecule has 4 rings (SSSR count). The number of halogens is 1. The zero-order chi connectivity index (χ0) is 25.1. The number of aryl methyl sites for hydroxylation is 2. The van der Waals surface area contributed by atoms with E-state index in [0.717, 1.165) is 11.8 Å². The molecule has 3 heterocycles. The Kier molecular flexibility index (Phi) is 5.81. The third-order valence-corrected chi connectivity index (χ3v) is 6.69. The molecule has 1 aromatic heterocycles. The van der Waals surface area contributed by atoms with Crippen LogP contribution in [0, 0.1) is 18.6 Å². The van der Waals surface area contributed by atoms with E-state index in [2.05, 4.69) is 4.98 Å². The van der Waals surface area contributed by atoms with Crippen LogP contribution < -0.4 is 10.1 Å². The molecule has 1 aromatic carbocycles. The Balaban J connectivity index is 1.59. The average Bonchev–Trinajstić information content (AvgIpc) is 2.94. The number of phosphoric acid groups is 1. The average molecular weight is 503 g/mol. The number of nitrogens with zero attached hydrogens (tertiary/aromatic N) is 1. The predicted molar refractivity (Wildman–Crippen MR) is 112 cm³/mol. The first-order valence-electron chi connectivity index (χ1n) is 10.1. The van der Waals surface area contributed by atoms with Crippen molar-refractivity contribution in [3.8, 4) is 5.75 Å². The fourth-order valence-electron chi connectivity index (χ4n) is 3.50. The second-order valence-electron chi connectivity index (χ2n) is 7.60. The summed E-state index contributed by atoms with van der Waals surface area (Å²) in [7, 11) is -4.37. The van der Waals surface area contributed by atoms with Gasteiger partial charge >= 0.3 is 7.82 Å². The van der Waals surface area contributed by atoms with Gasteiger partial charge in [0.15, 0.2) is 17.3 Å². The van der Waals surface area contributed by atoms with Crippen LogP contribution in [0.4, 0.5) is 4.39 Å². The number of rotatable bonds is 5. The van der Waals surface area contributed by atoms with Crippen LogP contribution in [-0.4, -0.2) is 50.7 Å². The Morgan fingerprint density at radius 2 is 2.21 bits per heavy atom. The van der Waals surface area contributed by atoms with E-state index in [1.165, 1.54) is 0 Å². The summed E-state index contributed by atoms with van der Waals surface area (Å²) in [6.07, 6.45) is -6.53. The smallest absolute Gasteiger partial charge is 0.403 e. The molecule has 1 fully saturated rings. The highest BCUT2D eigenvalue weighted by atomic mass is 32.1. The lowest BCUT2D eigenvalue weighted by Gasteiger charge is -2.29. The predicted octanol–water partition coefficient (Wildman–Crippen LogP) is 1.99. The van der Waals surface area contributed by atoms with Gasteiger partial charge in [0.2, 0.25) is 0 Å². The number of aliphatic hydroxyl groups is 2. The molecule has 11 nitrogen and oxygen atoms in total. The summed E-state index contributed by atoms with van der Waals surface area (Å²) < 4.78 is 57.6. The normalized spacial score (nSPS) is 33.8. The first-order chi connectivity index (χ1) is 15.8. The molecule has 0 aliphatic carbocycles. The van der Waals surface area contributed by atoms with Crippen LogP contribution in [0.2, 0.25) is 0 Å². The summed E-state index contributed by atoms with van der Waals surface area (Å²) in [6.45, 7) is 2.16. The molecule has 14 heteroatoms. The standard InChI is InChI=1S/C19H20FN2O9PS/c1-9-3-10(2)14-11(4-9)7-28-32(27,31-14)29-8-19(20)15(25)13(24)17(30-19)22-5-12(6-23)16(26)21-18(22)33/h3-6,13,15,17,24-25H,7-8H2,1-2H3,(H,21,26,33)/t13-,15+,17-,19-,32?/m1/s1/i17D. The van der Waals surface area contributed by atoms with Gasteiger partial charge in [0, 0.05) is 11.8 Å². The second kappa shape index (κ2) is 8.51. The lowest BCUT2D eigenvalue weighted by molar-refractivity contribution is -0.205. The second-order valence-corrected chi connectivity index (χ2v) is 9.58. The highest BCUT2D eigenvalue weighted by molar-refractivity contribution is 7.71. The molecule has 0 spiro atoms. The number of fused-ring (bicyclic) bond motifs is 1. The van der Waals surface area contributed by atoms with Crippen molar-refractivity contribution in [1.29, 1.82) is 0 Å². The van der Waals surface area contributed by atoms with Crippen LogP contribution in [-0.2, 0) is 25.0 Å². The molecule has 1 unspecified atom stereocenters. The molecule has 3 N–H and O–H groups in total. The number of aldehydes is 1. The Labute approximate surface area is 192 Å². The van der Waals surface area contributed by atoms with Gasteiger partial charge in [0.1, 0.15) is 24.6 Å². The van der Waals surface area contributed by atoms with Crippen LogP contribution in [0.1, 0.15) is 34.6 Å². The van der Waals surface area contributed by atoms with Gasteiger partial charge in [-0.3, -0.25) is 28.2 Å². The van der Waals surface area contributed by atoms with E-state index < -0.39 is 54.6 Å². The molecule has 2 aromatic rings. The van der Waals surface area contributed by atoms with Gasteiger partial charge in [-0.05, 0) is 31.6 Å². The maximum atomic E-state index is 15.6. The van der Waals surface area contributed by atoms with E-state index in [1.54, 1.807) is 19.1 Å². The number of carbonyl (C=O) groups is 1. The monoisotopic (exact) mass is 503 g/mol. The number of phosphoric ester groups is 1. The van der Waals surface area contributed by atoms with Crippen molar-refractivity contribution in [2.75, 3.05) is 6.61 Å². The lowest BCUT2D eigenvalue weighted by Crippen LogP contribution is -2.43. The van der Waals surface area contributed by atoms with Crippen LogP contribution in [0.3, 0.4) is 0 Å². The fourth-order valence-corrected chi connectivity index (χ4v) is 5.03. The van der Waals surface area contributed by atoms with Gasteiger partial charge in [-0.2, -0.15) is 0 Å². The van der Waals surface area contributed by atoms with Crippen LogP contribution in [0.15, 0.2) is 23.1 Å². The quantitative estimate of drug-likeness (QED) is 0.314. The van der Waals surface area contributed by atoms with Crippen molar-refractivity contribution >= 4 is 26.3 Å². The topological polar surface area (TPSA) is 149 Å². The Bertz CT molecular complexity index is 1340. The molecule has 0 amide bonds. The third kappa shape index (κ3) is 4.33. The number of carbonyl (C=O) groups excluding carboxylic acids is 1. The number of hydrogen-bond donors (Lipinski definition) is 3. The summed E-state index contributed by atoms with van der Waals surface area (Å²) in [5.41, 5.74) is 0.812. The van der Waals surface area contributed by atoms with Crippen LogP contribution in [0.5, 0.6) is 5.75 Å². The van der Waals surface area contributed by atoms with Crippen LogP contribution >= 0.6 is 20.0 Å². The maximum absolute atomic E-state index is 15.6. The fraction of sp³-hybridized carbons (Fsp3) is 0.421. The number of nitrogens with one attached hydrogen (secondary N) is 1. The van der Waals surface area contributed by atoms with E-state index in [9.17, 15) is 24.4 Å². The van der Waals surface area contributed by atoms with Crippen molar-refractivity contribution < 1.29 is 43.6 Å². The highest BCUT2D eigenvalue weighted by Crippen LogP contribution is 2.56. The number of hydrogen-bond acceptors (Lipinski definition) is 10. The number of aliphatic hydroxyl groups excluding tert-OH is 2. The Morgan fingerprint density at radius 1 is 1.48 bits per heavy atom. The highest BCUT2D eigenvalue weighted by Gasteiger charge is 2.57. The number of benzene rings is 1. The number of H-pyrrole nitrogens is 1. The largest absolute Gasteiger partial charge is 0.530 e. The van der Waals surface area contributed by atoms with Crippen LogP contribution in [0.25, 0.3) is 0 Å². The molecular formula is C19H20FN2O9PS. The van der Waals surface area contributed by atoms with Crippen molar-refractivity contribution in [3.05, 3.63) is 55.7 Å². The van der Waals surface area contributed by atoms with Crippen molar-refractivity contribution in [2.24, 2.45) is 0 Å². The first-order valence-corrected chi connectivity index (χ1v) is 11.4. The summed E-state index contributed by atoms with van der Waals surface area (Å²) in [4.78, 5) is 24.9. The van der Waals surface area contributed by atoms with Gasteiger partial charge in [-0.1, -0.05) is 17.7 Å². The minimum atomic E-state index is -4.37. The molecule has 2 aliphatic heterocycles. The molecule has 5 atom stereocenters.